The van der Waals surface area contributed by atoms with Crippen LogP contribution in [-0.2, 0) is 13.5 Å². The van der Waals surface area contributed by atoms with Crippen LogP contribution in [0, 0.1) is 0 Å². The highest BCUT2D eigenvalue weighted by atomic mass is 79.9. The Bertz CT molecular complexity index is 524. The molecular weight excluding hydrogens is 304 g/mol. The fourth-order valence-corrected chi connectivity index (χ4v) is 2.50. The molecule has 0 aliphatic rings. The summed E-state index contributed by atoms with van der Waals surface area (Å²) in [6.07, 6.45) is 9.53. The third-order valence-electron chi connectivity index (χ3n) is 3.01. The summed E-state index contributed by atoms with van der Waals surface area (Å²) in [5.41, 5.74) is 1.20. The van der Waals surface area contributed by atoms with Crippen molar-refractivity contribution in [1.29, 1.82) is 0 Å². The predicted molar refractivity (Wildman–Crippen MR) is 79.9 cm³/mol. The summed E-state index contributed by atoms with van der Waals surface area (Å²) in [4.78, 5) is 8.68. The number of hydrogen-bond donors (Lipinski definition) is 1. The first-order valence-electron chi connectivity index (χ1n) is 6.50. The second-order valence-corrected chi connectivity index (χ2v) is 5.53. The van der Waals surface area contributed by atoms with E-state index in [4.69, 9.17) is 0 Å². The Hall–Kier alpha value is -1.20. The molecule has 0 aromatic carbocycles. The van der Waals surface area contributed by atoms with Crippen molar-refractivity contribution in [3.8, 4) is 0 Å². The smallest absolute Gasteiger partial charge is 0.125 e. The molecule has 2 heterocycles. The summed E-state index contributed by atoms with van der Waals surface area (Å²) in [5, 5.41) is 3.55. The topological polar surface area (TPSA) is 42.7 Å². The fourth-order valence-electron chi connectivity index (χ4n) is 2.09. The van der Waals surface area contributed by atoms with E-state index in [1.165, 1.54) is 5.56 Å². The molecule has 2 aromatic rings. The van der Waals surface area contributed by atoms with Crippen LogP contribution in [0.2, 0.25) is 0 Å². The van der Waals surface area contributed by atoms with E-state index in [-0.39, 0.29) is 6.04 Å². The molecule has 0 bridgehead atoms. The molecule has 0 saturated heterocycles. The van der Waals surface area contributed by atoms with E-state index in [0.29, 0.717) is 0 Å². The lowest BCUT2D eigenvalue weighted by molar-refractivity contribution is 0.491. The largest absolute Gasteiger partial charge is 0.337 e. The second-order valence-electron chi connectivity index (χ2n) is 4.62. The molecule has 0 fully saturated rings. The highest BCUT2D eigenvalue weighted by Gasteiger charge is 2.16. The summed E-state index contributed by atoms with van der Waals surface area (Å²) in [6.45, 7) is 3.15. The Labute approximate surface area is 122 Å². The summed E-state index contributed by atoms with van der Waals surface area (Å²) in [7, 11) is 2.03. The number of nitrogens with zero attached hydrogens (tertiary/aromatic N) is 3. The lowest BCUT2D eigenvalue weighted by Crippen LogP contribution is -2.26. The van der Waals surface area contributed by atoms with Gasteiger partial charge in [-0.05, 0) is 46.9 Å². The minimum atomic E-state index is 0.219. The number of aromatic nitrogens is 3. The van der Waals surface area contributed by atoms with Crippen molar-refractivity contribution in [3.05, 3.63) is 46.7 Å². The van der Waals surface area contributed by atoms with Crippen molar-refractivity contribution in [3.63, 3.8) is 0 Å². The van der Waals surface area contributed by atoms with Crippen LogP contribution < -0.4 is 5.32 Å². The first-order valence-corrected chi connectivity index (χ1v) is 7.30. The van der Waals surface area contributed by atoms with E-state index in [1.54, 1.807) is 6.20 Å². The van der Waals surface area contributed by atoms with Gasteiger partial charge in [0.1, 0.15) is 5.82 Å². The van der Waals surface area contributed by atoms with E-state index in [1.807, 2.05) is 25.6 Å². The maximum Gasteiger partial charge on any atom is 0.125 e. The quantitative estimate of drug-likeness (QED) is 0.889. The van der Waals surface area contributed by atoms with E-state index in [0.717, 1.165) is 29.7 Å². The van der Waals surface area contributed by atoms with Crippen LogP contribution >= 0.6 is 15.9 Å². The molecule has 102 valence electrons. The number of rotatable bonds is 6. The zero-order chi connectivity index (χ0) is 13.7. The van der Waals surface area contributed by atoms with Gasteiger partial charge in [0.25, 0.3) is 0 Å². The third kappa shape index (κ3) is 3.88. The normalized spacial score (nSPS) is 12.6. The van der Waals surface area contributed by atoms with Crippen LogP contribution in [0.5, 0.6) is 0 Å². The standard InChI is InChI=1S/C14H19BrN4/c1-3-4-17-13(14-18-5-6-19(14)2)8-11-7-12(15)10-16-9-11/h5-7,9-10,13,17H,3-4,8H2,1-2H3. The Morgan fingerprint density at radius 1 is 1.42 bits per heavy atom. The average Bonchev–Trinajstić information content (AvgIpc) is 2.81. The zero-order valence-electron chi connectivity index (χ0n) is 11.3. The van der Waals surface area contributed by atoms with Crippen molar-refractivity contribution >= 4 is 15.9 Å². The van der Waals surface area contributed by atoms with Gasteiger partial charge in [-0.25, -0.2) is 4.98 Å². The van der Waals surface area contributed by atoms with Crippen LogP contribution in [0.15, 0.2) is 35.3 Å². The molecule has 5 heteroatoms. The molecule has 19 heavy (non-hydrogen) atoms. The van der Waals surface area contributed by atoms with Crippen molar-refractivity contribution in [2.24, 2.45) is 7.05 Å². The fraction of sp³-hybridized carbons (Fsp3) is 0.429. The molecule has 0 spiro atoms. The van der Waals surface area contributed by atoms with Crippen LogP contribution in [0.4, 0.5) is 0 Å². The van der Waals surface area contributed by atoms with Gasteiger partial charge in [0, 0.05) is 36.3 Å². The Kier molecular flexibility index (Phi) is 5.10. The summed E-state index contributed by atoms with van der Waals surface area (Å²) in [5.74, 6) is 1.06. The van der Waals surface area contributed by atoms with Gasteiger partial charge < -0.3 is 9.88 Å². The summed E-state index contributed by atoms with van der Waals surface area (Å²) >= 11 is 3.46. The molecule has 0 aliphatic heterocycles. The minimum Gasteiger partial charge on any atom is -0.337 e. The van der Waals surface area contributed by atoms with Crippen LogP contribution in [0.1, 0.15) is 30.8 Å². The first kappa shape index (κ1) is 14.2. The molecule has 1 N–H and O–H groups in total. The van der Waals surface area contributed by atoms with Gasteiger partial charge >= 0.3 is 0 Å². The van der Waals surface area contributed by atoms with Gasteiger partial charge in [-0.1, -0.05) is 6.92 Å². The Morgan fingerprint density at radius 3 is 2.89 bits per heavy atom. The zero-order valence-corrected chi connectivity index (χ0v) is 12.9. The van der Waals surface area contributed by atoms with Crippen LogP contribution in [0.3, 0.4) is 0 Å². The van der Waals surface area contributed by atoms with Crippen molar-refractivity contribution in [2.75, 3.05) is 6.54 Å². The van der Waals surface area contributed by atoms with Crippen LogP contribution in [0.25, 0.3) is 0 Å². The minimum absolute atomic E-state index is 0.219. The molecule has 0 radical (unpaired) electrons. The number of aryl methyl sites for hydroxylation is 1. The number of halogens is 1. The molecule has 1 atom stereocenters. The van der Waals surface area contributed by atoms with Crippen molar-refractivity contribution in [2.45, 2.75) is 25.8 Å². The maximum absolute atomic E-state index is 4.46. The van der Waals surface area contributed by atoms with Gasteiger partial charge in [-0.3, -0.25) is 4.98 Å². The predicted octanol–water partition coefficient (Wildman–Crippen LogP) is 2.86. The molecular formula is C14H19BrN4. The van der Waals surface area contributed by atoms with Crippen molar-refractivity contribution < 1.29 is 0 Å². The summed E-state index contributed by atoms with van der Waals surface area (Å²) in [6, 6.07) is 2.33. The molecule has 4 nitrogen and oxygen atoms in total. The van der Waals surface area contributed by atoms with Crippen molar-refractivity contribution in [1.82, 2.24) is 19.9 Å². The highest BCUT2D eigenvalue weighted by molar-refractivity contribution is 9.10. The lowest BCUT2D eigenvalue weighted by atomic mass is 10.1. The van der Waals surface area contributed by atoms with E-state index >= 15 is 0 Å². The molecule has 2 rings (SSSR count). The molecule has 1 unspecified atom stereocenters. The van der Waals surface area contributed by atoms with Gasteiger partial charge in [0.15, 0.2) is 0 Å². The molecule has 0 aliphatic carbocycles. The lowest BCUT2D eigenvalue weighted by Gasteiger charge is -2.18. The number of imidazole rings is 1. The van der Waals surface area contributed by atoms with E-state index in [2.05, 4.69) is 48.8 Å². The number of nitrogens with one attached hydrogen (secondary N) is 1. The van der Waals surface area contributed by atoms with E-state index < -0.39 is 0 Å². The molecule has 0 saturated carbocycles. The van der Waals surface area contributed by atoms with Gasteiger partial charge in [-0.15, -0.1) is 0 Å². The van der Waals surface area contributed by atoms with Gasteiger partial charge in [0.2, 0.25) is 0 Å². The highest BCUT2D eigenvalue weighted by Crippen LogP contribution is 2.18. The maximum atomic E-state index is 4.46. The second kappa shape index (κ2) is 6.82. The van der Waals surface area contributed by atoms with Gasteiger partial charge in [0.05, 0.1) is 6.04 Å². The number of hydrogen-bond acceptors (Lipinski definition) is 3. The average molecular weight is 323 g/mol. The molecule has 0 amide bonds. The third-order valence-corrected chi connectivity index (χ3v) is 3.45. The van der Waals surface area contributed by atoms with E-state index in [9.17, 15) is 0 Å². The Morgan fingerprint density at radius 2 is 2.26 bits per heavy atom. The summed E-state index contributed by atoms with van der Waals surface area (Å²) < 4.78 is 3.08. The monoisotopic (exact) mass is 322 g/mol. The number of pyridine rings is 1. The molecule has 2 aromatic heterocycles. The Balaban J connectivity index is 2.16. The first-order chi connectivity index (χ1) is 9.20. The van der Waals surface area contributed by atoms with Crippen LogP contribution in [-0.4, -0.2) is 21.1 Å². The van der Waals surface area contributed by atoms with Gasteiger partial charge in [-0.2, -0.15) is 0 Å². The SMILES string of the molecule is CCCNC(Cc1cncc(Br)c1)c1nccn1C.